The zero-order valence-electron chi connectivity index (χ0n) is 14.9. The molecule has 0 spiro atoms. The zero-order chi connectivity index (χ0) is 20.4. The number of hydrogen-bond donors (Lipinski definition) is 3. The quantitative estimate of drug-likeness (QED) is 0.588. The fraction of sp³-hybridized carbons (Fsp3) is 0.105. The Kier molecular flexibility index (Phi) is 7.86. The summed E-state index contributed by atoms with van der Waals surface area (Å²) in [7, 11) is 1.33. The minimum absolute atomic E-state index is 0.0693. The third-order valence-corrected chi connectivity index (χ3v) is 3.69. The first-order valence-corrected chi connectivity index (χ1v) is 8.40. The van der Waals surface area contributed by atoms with E-state index in [0.717, 1.165) is 5.56 Å². The number of imidazole rings is 1. The lowest BCUT2D eigenvalue weighted by atomic mass is 10.2. The van der Waals surface area contributed by atoms with Crippen LogP contribution in [0.5, 0.6) is 5.75 Å². The zero-order valence-corrected chi connectivity index (χ0v) is 15.6. The summed E-state index contributed by atoms with van der Waals surface area (Å²) in [4.78, 5) is 29.3. The van der Waals surface area contributed by atoms with E-state index in [-0.39, 0.29) is 28.6 Å². The van der Waals surface area contributed by atoms with E-state index in [1.165, 1.54) is 19.2 Å². The first-order valence-electron chi connectivity index (χ1n) is 8.02. The van der Waals surface area contributed by atoms with Gasteiger partial charge in [0, 0.05) is 18.5 Å². The van der Waals surface area contributed by atoms with Crippen LogP contribution in [0.2, 0.25) is 5.02 Å². The number of halogens is 1. The van der Waals surface area contributed by atoms with Crippen LogP contribution in [0.15, 0.2) is 61.2 Å². The number of aromatic amines is 1. The molecule has 0 saturated carbocycles. The van der Waals surface area contributed by atoms with Gasteiger partial charge in [0.05, 0.1) is 24.1 Å². The smallest absolute Gasteiger partial charge is 0.412 e. The van der Waals surface area contributed by atoms with Gasteiger partial charge in [0.2, 0.25) is 0 Å². The van der Waals surface area contributed by atoms with Crippen molar-refractivity contribution in [2.45, 2.75) is 6.61 Å². The summed E-state index contributed by atoms with van der Waals surface area (Å²) in [5.74, 6) is -1.10. The fourth-order valence-corrected chi connectivity index (χ4v) is 2.28. The summed E-state index contributed by atoms with van der Waals surface area (Å²) in [5, 5.41) is 11.6. The van der Waals surface area contributed by atoms with Gasteiger partial charge in [0.15, 0.2) is 0 Å². The second-order valence-electron chi connectivity index (χ2n) is 5.28. The van der Waals surface area contributed by atoms with Crippen molar-refractivity contribution in [3.05, 3.63) is 77.3 Å². The number of hydrogen-bond acceptors (Lipinski definition) is 5. The topological polar surface area (TPSA) is 114 Å². The minimum atomic E-state index is -1.18. The van der Waals surface area contributed by atoms with E-state index in [0.29, 0.717) is 0 Å². The predicted octanol–water partition coefficient (Wildman–Crippen LogP) is 4.21. The summed E-state index contributed by atoms with van der Waals surface area (Å²) in [6.07, 6.45) is 4.38. The summed E-state index contributed by atoms with van der Waals surface area (Å²) >= 11 is 5.97. The van der Waals surface area contributed by atoms with Gasteiger partial charge in [-0.2, -0.15) is 0 Å². The molecule has 3 rings (SSSR count). The Morgan fingerprint density at radius 3 is 2.54 bits per heavy atom. The highest BCUT2D eigenvalue weighted by molar-refractivity contribution is 6.34. The van der Waals surface area contributed by atoms with Gasteiger partial charge in [-0.05, 0) is 11.6 Å². The highest BCUT2D eigenvalue weighted by atomic mass is 35.5. The molecule has 0 radical (unpaired) electrons. The molecule has 8 nitrogen and oxygen atoms in total. The van der Waals surface area contributed by atoms with Gasteiger partial charge in [-0.15, -0.1) is 0 Å². The molecule has 3 aromatic rings. The van der Waals surface area contributed by atoms with Gasteiger partial charge in [-0.3, -0.25) is 5.32 Å². The minimum Gasteiger partial charge on any atom is -0.496 e. The van der Waals surface area contributed by atoms with Crippen molar-refractivity contribution < 1.29 is 24.2 Å². The number of aromatic nitrogens is 2. The molecule has 1 heterocycles. The molecule has 0 bridgehead atoms. The molecule has 0 saturated heterocycles. The number of nitrogens with one attached hydrogen (secondary N) is 2. The number of aromatic carboxylic acids is 1. The van der Waals surface area contributed by atoms with E-state index >= 15 is 0 Å². The van der Waals surface area contributed by atoms with Crippen LogP contribution in [0, 0.1) is 0 Å². The largest absolute Gasteiger partial charge is 0.496 e. The summed E-state index contributed by atoms with van der Waals surface area (Å²) in [5.41, 5.74) is 0.944. The van der Waals surface area contributed by atoms with Crippen LogP contribution in [0.4, 0.5) is 10.5 Å². The SMILES string of the molecule is COc1cc(NC(=O)OCc2ccccc2)c(Cl)cc1C(=O)O.c1c[nH]cn1. The summed E-state index contributed by atoms with van der Waals surface area (Å²) in [6, 6.07) is 11.7. The lowest BCUT2D eigenvalue weighted by Crippen LogP contribution is -2.14. The summed E-state index contributed by atoms with van der Waals surface area (Å²) in [6.45, 7) is 0.106. The van der Waals surface area contributed by atoms with Crippen molar-refractivity contribution in [2.75, 3.05) is 12.4 Å². The van der Waals surface area contributed by atoms with Crippen LogP contribution in [0.1, 0.15) is 15.9 Å². The van der Waals surface area contributed by atoms with Crippen molar-refractivity contribution >= 4 is 29.4 Å². The van der Waals surface area contributed by atoms with Crippen LogP contribution >= 0.6 is 11.6 Å². The maximum atomic E-state index is 11.8. The molecule has 1 aromatic heterocycles. The Labute approximate surface area is 166 Å². The Hall–Kier alpha value is -3.52. The third kappa shape index (κ3) is 6.33. The molecule has 0 unspecified atom stereocenters. The maximum absolute atomic E-state index is 11.8. The van der Waals surface area contributed by atoms with Gasteiger partial charge >= 0.3 is 12.1 Å². The number of rotatable bonds is 5. The Morgan fingerprint density at radius 1 is 1.25 bits per heavy atom. The van der Waals surface area contributed by atoms with Gasteiger partial charge in [0.1, 0.15) is 17.9 Å². The Morgan fingerprint density at radius 2 is 2.00 bits per heavy atom. The van der Waals surface area contributed by atoms with Crippen molar-refractivity contribution in [3.8, 4) is 5.75 Å². The maximum Gasteiger partial charge on any atom is 0.412 e. The van der Waals surface area contributed by atoms with Gasteiger partial charge in [0.25, 0.3) is 0 Å². The number of carbonyl (C=O) groups excluding carboxylic acids is 1. The average Bonchev–Trinajstić information content (AvgIpc) is 3.28. The van der Waals surface area contributed by atoms with E-state index in [2.05, 4.69) is 15.3 Å². The second kappa shape index (κ2) is 10.6. The number of nitrogens with zero attached hydrogens (tertiary/aromatic N) is 1. The van der Waals surface area contributed by atoms with Crippen molar-refractivity contribution in [1.82, 2.24) is 9.97 Å². The molecule has 9 heteroatoms. The number of carboxylic acids is 1. The predicted molar refractivity (Wildman–Crippen MR) is 104 cm³/mol. The molecular weight excluding hydrogens is 386 g/mol. The van der Waals surface area contributed by atoms with Crippen LogP contribution in [-0.4, -0.2) is 34.2 Å². The van der Waals surface area contributed by atoms with E-state index in [9.17, 15) is 9.59 Å². The molecule has 0 fully saturated rings. The van der Waals surface area contributed by atoms with E-state index < -0.39 is 12.1 Å². The Balaban J connectivity index is 0.000000485. The Bertz CT molecular complexity index is 884. The summed E-state index contributed by atoms with van der Waals surface area (Å²) < 4.78 is 10.1. The van der Waals surface area contributed by atoms with Crippen molar-refractivity contribution in [1.29, 1.82) is 0 Å². The molecule has 0 aliphatic heterocycles. The number of H-pyrrole nitrogens is 1. The second-order valence-corrected chi connectivity index (χ2v) is 5.69. The van der Waals surface area contributed by atoms with Gasteiger partial charge in [-0.25, -0.2) is 14.6 Å². The molecule has 0 aliphatic rings. The van der Waals surface area contributed by atoms with Crippen LogP contribution in [0.3, 0.4) is 0 Å². The standard InChI is InChI=1S/C16H14ClNO5.C3H4N2/c1-22-14-8-13(12(17)7-11(14)15(19)20)18-16(21)23-9-10-5-3-2-4-6-10;1-2-5-3-4-1/h2-8H,9H2,1H3,(H,18,21)(H,19,20);1-3H,(H,4,5). The lowest BCUT2D eigenvalue weighted by molar-refractivity contribution is 0.0693. The molecule has 0 atom stereocenters. The average molecular weight is 404 g/mol. The van der Waals surface area contributed by atoms with Crippen LogP contribution in [-0.2, 0) is 11.3 Å². The molecule has 28 heavy (non-hydrogen) atoms. The third-order valence-electron chi connectivity index (χ3n) is 3.37. The molecule has 146 valence electrons. The molecule has 0 aliphatic carbocycles. The first kappa shape index (κ1) is 20.8. The molecule has 1 amide bonds. The number of anilines is 1. The van der Waals surface area contributed by atoms with E-state index in [1.807, 2.05) is 30.3 Å². The number of amides is 1. The number of carbonyl (C=O) groups is 2. The fourth-order valence-electron chi connectivity index (χ4n) is 2.07. The van der Waals surface area contributed by atoms with E-state index in [1.54, 1.807) is 18.7 Å². The number of carboxylic acid groups (broad SMARTS) is 1. The molecule has 2 aromatic carbocycles. The highest BCUT2D eigenvalue weighted by Gasteiger charge is 2.16. The molecular formula is C19H18ClN3O5. The first-order chi connectivity index (χ1) is 13.5. The normalized spacial score (nSPS) is 9.64. The van der Waals surface area contributed by atoms with Crippen LogP contribution < -0.4 is 10.1 Å². The van der Waals surface area contributed by atoms with E-state index in [4.69, 9.17) is 26.2 Å². The van der Waals surface area contributed by atoms with Crippen molar-refractivity contribution in [2.24, 2.45) is 0 Å². The number of benzene rings is 2. The number of ether oxygens (including phenoxy) is 2. The van der Waals surface area contributed by atoms with Crippen LogP contribution in [0.25, 0.3) is 0 Å². The highest BCUT2D eigenvalue weighted by Crippen LogP contribution is 2.31. The monoisotopic (exact) mass is 403 g/mol. The molecule has 3 N–H and O–H groups in total. The van der Waals surface area contributed by atoms with Gasteiger partial charge < -0.3 is 19.6 Å². The van der Waals surface area contributed by atoms with Crippen molar-refractivity contribution in [3.63, 3.8) is 0 Å². The lowest BCUT2D eigenvalue weighted by Gasteiger charge is -2.12. The number of methoxy groups -OCH3 is 1. The van der Waals surface area contributed by atoms with Gasteiger partial charge in [-0.1, -0.05) is 41.9 Å².